The molecule has 0 bridgehead atoms. The van der Waals surface area contributed by atoms with Crippen molar-refractivity contribution in [2.45, 2.75) is 139 Å². The molecule has 10 rings (SSSR count). The minimum atomic E-state index is -0.286. The predicted molar refractivity (Wildman–Crippen MR) is 344 cm³/mol. The predicted octanol–water partition coefficient (Wildman–Crippen LogP) is 21.1. The molecule has 0 radical (unpaired) electrons. The van der Waals surface area contributed by atoms with Gasteiger partial charge in [0.1, 0.15) is 23.0 Å². The minimum absolute atomic E-state index is 0.0238. The zero-order valence-electron chi connectivity index (χ0n) is 50.2. The van der Waals surface area contributed by atoms with Crippen LogP contribution in [0.1, 0.15) is 137 Å². The number of fused-ring (bicyclic) bond motifs is 6. The largest absolute Gasteiger partial charge is 0.505 e. The molecule has 2 aromatic heterocycles. The Balaban J connectivity index is 1.03. The van der Waals surface area contributed by atoms with Crippen LogP contribution in [0, 0.1) is 24.7 Å². The van der Waals surface area contributed by atoms with Crippen molar-refractivity contribution in [1.82, 2.24) is 9.13 Å². The van der Waals surface area contributed by atoms with E-state index < -0.39 is 0 Å². The summed E-state index contributed by atoms with van der Waals surface area (Å²) in [6, 6.07) is 48.3. The summed E-state index contributed by atoms with van der Waals surface area (Å²) in [6.07, 6.45) is 2.33. The summed E-state index contributed by atoms with van der Waals surface area (Å²) in [6.45, 7) is 34.2. The highest BCUT2D eigenvalue weighted by atomic mass is 35.5. The van der Waals surface area contributed by atoms with Crippen LogP contribution < -0.4 is 9.47 Å². The third-order valence-electron chi connectivity index (χ3n) is 16.1. The van der Waals surface area contributed by atoms with Gasteiger partial charge in [-0.1, -0.05) is 174 Å². The van der Waals surface area contributed by atoms with Crippen LogP contribution in [0.3, 0.4) is 0 Å². The first-order valence-corrected chi connectivity index (χ1v) is 29.4. The van der Waals surface area contributed by atoms with Gasteiger partial charge in [0.2, 0.25) is 0 Å². The molecule has 420 valence electrons. The molecule has 0 saturated heterocycles. The molecule has 10 aromatic rings. The van der Waals surface area contributed by atoms with Crippen molar-refractivity contribution in [3.05, 3.63) is 177 Å². The lowest BCUT2D eigenvalue weighted by atomic mass is 9.71. The lowest BCUT2D eigenvalue weighted by molar-refractivity contribution is 0.247. The van der Waals surface area contributed by atoms with Crippen molar-refractivity contribution >= 4 is 66.8 Å². The molecule has 0 unspecified atom stereocenters. The van der Waals surface area contributed by atoms with Crippen molar-refractivity contribution < 1.29 is 19.7 Å². The number of nitrogens with zero attached hydrogens (tertiary/aromatic N) is 2. The van der Waals surface area contributed by atoms with Crippen LogP contribution in [0.4, 0.5) is 0 Å². The van der Waals surface area contributed by atoms with Crippen molar-refractivity contribution in [3.63, 3.8) is 0 Å². The first-order chi connectivity index (χ1) is 38.0. The third kappa shape index (κ3) is 11.3. The molecule has 0 amide bonds. The fourth-order valence-corrected chi connectivity index (χ4v) is 13.7. The molecular weight excluding hydrogens is 1040 g/mol. The van der Waals surface area contributed by atoms with Crippen molar-refractivity contribution in [2.75, 3.05) is 13.2 Å². The first kappa shape index (κ1) is 57.4. The fraction of sp³-hybridized carbons (Fsp3) is 0.342. The number of benzene rings is 8. The molecule has 2 N–H and O–H groups in total. The summed E-state index contributed by atoms with van der Waals surface area (Å²) in [5.74, 6) is 1.57. The Kier molecular flexibility index (Phi) is 15.0. The molecule has 0 aliphatic carbocycles. The Morgan fingerprint density at radius 1 is 0.407 bits per heavy atom. The van der Waals surface area contributed by atoms with Crippen LogP contribution in [0.2, 0.25) is 10.0 Å². The first-order valence-electron chi connectivity index (χ1n) is 28.7. The Labute approximate surface area is 490 Å². The summed E-state index contributed by atoms with van der Waals surface area (Å²) < 4.78 is 18.2. The zero-order chi connectivity index (χ0) is 58.3. The monoisotopic (exact) mass is 1120 g/mol. The van der Waals surface area contributed by atoms with Crippen molar-refractivity contribution in [3.8, 4) is 56.6 Å². The molecule has 8 aromatic carbocycles. The van der Waals surface area contributed by atoms with Gasteiger partial charge in [-0.25, -0.2) is 0 Å². The van der Waals surface area contributed by atoms with Gasteiger partial charge in [-0.05, 0) is 160 Å². The van der Waals surface area contributed by atoms with Crippen LogP contribution in [-0.2, 0) is 16.2 Å². The smallest absolute Gasteiger partial charge is 0.147 e. The van der Waals surface area contributed by atoms with Crippen LogP contribution >= 0.6 is 23.2 Å². The number of phenolic OH excluding ortho intramolecular Hbond substituents is 2. The van der Waals surface area contributed by atoms with Gasteiger partial charge in [0.15, 0.2) is 0 Å². The number of para-hydroxylation sites is 3. The summed E-state index contributed by atoms with van der Waals surface area (Å²) in [5, 5.41) is 31.4. The quantitative estimate of drug-likeness (QED) is 0.106. The Bertz CT molecular complexity index is 4010. The van der Waals surface area contributed by atoms with E-state index in [0.29, 0.717) is 74.8 Å². The standard InChI is InChI=1S/C73H80Cl2N2O4/c1-44-33-49(74)40-57(55-36-47(72(12,13)42-69(3,4)5)38-63(65(55)78)76-59-26-19-16-23-51(59)52-24-17-20-27-60(52)76)67(44)80-31-22-32-81-68-45(2)34-50(75)41-58(68)56-37-48(73(14,15)43-70(6,7)8)39-64(66(56)79)77-61-28-21-18-25-53(61)54-35-46(71(9,10)11)29-30-62(54)77/h16-21,23-30,33-41,78-79H,22,31-32,42-43H2,1-15H3. The zero-order valence-corrected chi connectivity index (χ0v) is 51.7. The van der Waals surface area contributed by atoms with Crippen LogP contribution in [-0.4, -0.2) is 32.6 Å². The molecule has 0 spiro atoms. The van der Waals surface area contributed by atoms with Crippen molar-refractivity contribution in [1.29, 1.82) is 0 Å². The van der Waals surface area contributed by atoms with Gasteiger partial charge >= 0.3 is 0 Å². The maximum atomic E-state index is 13.0. The lowest BCUT2D eigenvalue weighted by Gasteiger charge is -2.34. The van der Waals surface area contributed by atoms with E-state index in [1.54, 1.807) is 0 Å². The highest BCUT2D eigenvalue weighted by Crippen LogP contribution is 2.51. The lowest BCUT2D eigenvalue weighted by Crippen LogP contribution is -2.25. The summed E-state index contributed by atoms with van der Waals surface area (Å²) in [4.78, 5) is 0. The number of aromatic nitrogens is 2. The number of hydrogen-bond acceptors (Lipinski definition) is 4. The summed E-state index contributed by atoms with van der Waals surface area (Å²) in [7, 11) is 0. The van der Waals surface area contributed by atoms with Gasteiger partial charge in [-0.2, -0.15) is 0 Å². The fourth-order valence-electron chi connectivity index (χ4n) is 13.2. The molecule has 0 fully saturated rings. The normalized spacial score (nSPS) is 12.9. The second kappa shape index (κ2) is 21.2. The van der Waals surface area contributed by atoms with E-state index in [9.17, 15) is 10.2 Å². The number of aromatic hydroxyl groups is 2. The van der Waals surface area contributed by atoms with Gasteiger partial charge in [0.25, 0.3) is 0 Å². The number of phenols is 2. The van der Waals surface area contributed by atoms with Gasteiger partial charge < -0.3 is 28.8 Å². The molecule has 0 aliphatic heterocycles. The molecule has 81 heavy (non-hydrogen) atoms. The van der Waals surface area contributed by atoms with E-state index in [2.05, 4.69) is 214 Å². The van der Waals surface area contributed by atoms with Crippen LogP contribution in [0.5, 0.6) is 23.0 Å². The Morgan fingerprint density at radius 2 is 0.778 bits per heavy atom. The topological polar surface area (TPSA) is 68.8 Å². The Hall–Kier alpha value is -6.86. The molecule has 8 heteroatoms. The molecule has 0 saturated carbocycles. The Morgan fingerprint density at radius 3 is 1.16 bits per heavy atom. The van der Waals surface area contributed by atoms with Gasteiger partial charge in [0.05, 0.1) is 46.7 Å². The summed E-state index contributed by atoms with van der Waals surface area (Å²) in [5.41, 5.74) is 12.7. The number of rotatable bonds is 14. The minimum Gasteiger partial charge on any atom is -0.505 e. The average Bonchev–Trinajstić information content (AvgIpc) is 4.00. The van der Waals surface area contributed by atoms with E-state index in [4.69, 9.17) is 32.7 Å². The number of ether oxygens (including phenoxy) is 2. The second-order valence-corrected chi connectivity index (χ2v) is 28.4. The van der Waals surface area contributed by atoms with E-state index >= 15 is 0 Å². The van der Waals surface area contributed by atoms with Gasteiger partial charge in [-0.15, -0.1) is 0 Å². The van der Waals surface area contributed by atoms with E-state index in [-0.39, 0.29) is 38.6 Å². The van der Waals surface area contributed by atoms with Gasteiger partial charge in [0, 0.05) is 60.3 Å². The highest BCUT2D eigenvalue weighted by Gasteiger charge is 2.33. The van der Waals surface area contributed by atoms with Crippen LogP contribution in [0.15, 0.2) is 140 Å². The van der Waals surface area contributed by atoms with Crippen LogP contribution in [0.25, 0.3) is 77.2 Å². The average molecular weight is 1120 g/mol. The van der Waals surface area contributed by atoms with E-state index in [0.717, 1.165) is 78.7 Å². The SMILES string of the molecule is Cc1cc(Cl)cc(-c2cc(C(C)(C)CC(C)(C)C)cc(-n3c4ccccc4c4ccccc43)c2O)c1OCCCOc1c(C)cc(Cl)cc1-c1cc(C(C)(C)CC(C)(C)C)cc(-n2c3ccccc3c3cc(C(C)(C)C)ccc32)c1O. The third-order valence-corrected chi connectivity index (χ3v) is 16.6. The molecule has 0 atom stereocenters. The molecular formula is C73H80Cl2N2O4. The number of aryl methyl sites for hydroxylation is 2. The van der Waals surface area contributed by atoms with E-state index in [1.807, 2.05) is 38.1 Å². The van der Waals surface area contributed by atoms with E-state index in [1.165, 1.54) is 5.56 Å². The number of hydrogen-bond donors (Lipinski definition) is 2. The van der Waals surface area contributed by atoms with Crippen molar-refractivity contribution in [2.24, 2.45) is 10.8 Å². The van der Waals surface area contributed by atoms with Gasteiger partial charge in [-0.3, -0.25) is 0 Å². The number of halogens is 2. The summed E-state index contributed by atoms with van der Waals surface area (Å²) >= 11 is 14.0. The highest BCUT2D eigenvalue weighted by molar-refractivity contribution is 6.31. The maximum absolute atomic E-state index is 13.0. The molecule has 6 nitrogen and oxygen atoms in total. The molecule has 0 aliphatic rings. The maximum Gasteiger partial charge on any atom is 0.147 e. The second-order valence-electron chi connectivity index (χ2n) is 27.5. The molecule has 2 heterocycles.